The molecule has 1 aliphatic rings. The summed E-state index contributed by atoms with van der Waals surface area (Å²) in [6.45, 7) is 6.73. The van der Waals surface area contributed by atoms with E-state index in [-0.39, 0.29) is 18.5 Å². The number of benzene rings is 1. The van der Waals surface area contributed by atoms with E-state index < -0.39 is 17.6 Å². The van der Waals surface area contributed by atoms with Gasteiger partial charge in [-0.15, -0.1) is 0 Å². The number of ether oxygens (including phenoxy) is 2. The van der Waals surface area contributed by atoms with E-state index in [1.165, 1.54) is 12.0 Å². The van der Waals surface area contributed by atoms with Crippen LogP contribution in [0.3, 0.4) is 0 Å². The van der Waals surface area contributed by atoms with Crippen molar-refractivity contribution in [1.82, 2.24) is 9.80 Å². The van der Waals surface area contributed by atoms with Crippen LogP contribution in [0.2, 0.25) is 0 Å². The summed E-state index contributed by atoms with van der Waals surface area (Å²) < 4.78 is 10.1. The molecule has 0 unspecified atom stereocenters. The number of carbonyl (C=O) groups excluding carboxylic acids is 3. The lowest BCUT2D eigenvalue weighted by Crippen LogP contribution is -2.58. The largest absolute Gasteiger partial charge is 0.469 e. The van der Waals surface area contributed by atoms with Gasteiger partial charge in [-0.3, -0.25) is 14.5 Å². The summed E-state index contributed by atoms with van der Waals surface area (Å²) in [6, 6.07) is 8.81. The molecule has 1 aromatic rings. The van der Waals surface area contributed by atoms with Crippen LogP contribution in [0, 0.1) is 5.41 Å². The molecule has 1 fully saturated rings. The molecule has 2 amide bonds. The van der Waals surface area contributed by atoms with Crippen LogP contribution in [0.15, 0.2) is 30.3 Å². The molecule has 0 bridgehead atoms. The van der Waals surface area contributed by atoms with Crippen molar-refractivity contribution in [3.63, 3.8) is 0 Å². The molecule has 1 aromatic carbocycles. The van der Waals surface area contributed by atoms with E-state index in [4.69, 9.17) is 9.47 Å². The summed E-state index contributed by atoms with van der Waals surface area (Å²) in [5.74, 6) is -0.440. The Kier molecular flexibility index (Phi) is 6.82. The van der Waals surface area contributed by atoms with Gasteiger partial charge in [0.1, 0.15) is 12.6 Å². The molecule has 0 aliphatic carbocycles. The fourth-order valence-corrected chi connectivity index (χ4v) is 3.00. The molecule has 1 atom stereocenters. The number of hydrogen-bond donors (Lipinski definition) is 0. The minimum atomic E-state index is -0.663. The van der Waals surface area contributed by atoms with Gasteiger partial charge >= 0.3 is 12.1 Å². The van der Waals surface area contributed by atoms with Crippen molar-refractivity contribution in [3.8, 4) is 0 Å². The number of hydrogen-bond acceptors (Lipinski definition) is 5. The highest BCUT2D eigenvalue weighted by molar-refractivity contribution is 5.86. The molecule has 1 saturated heterocycles. The van der Waals surface area contributed by atoms with Gasteiger partial charge in [0.2, 0.25) is 5.91 Å². The predicted molar refractivity (Wildman–Crippen MR) is 99.8 cm³/mol. The van der Waals surface area contributed by atoms with Crippen LogP contribution in [-0.2, 0) is 25.7 Å². The lowest BCUT2D eigenvalue weighted by molar-refractivity contribution is -0.152. The zero-order chi connectivity index (χ0) is 20.0. The average Bonchev–Trinajstić information content (AvgIpc) is 2.67. The van der Waals surface area contributed by atoms with Crippen molar-refractivity contribution in [2.24, 2.45) is 5.41 Å². The van der Waals surface area contributed by atoms with Crippen LogP contribution in [0.4, 0.5) is 4.79 Å². The molecule has 148 valence electrons. The fourth-order valence-electron chi connectivity index (χ4n) is 3.00. The molecule has 1 heterocycles. The molecule has 7 nitrogen and oxygen atoms in total. The predicted octanol–water partition coefficient (Wildman–Crippen LogP) is 2.45. The van der Waals surface area contributed by atoms with Crippen molar-refractivity contribution in [3.05, 3.63) is 35.9 Å². The molecule has 0 radical (unpaired) electrons. The Hall–Kier alpha value is -2.57. The van der Waals surface area contributed by atoms with Crippen molar-refractivity contribution in [2.45, 2.75) is 39.8 Å². The molecule has 1 aliphatic heterocycles. The van der Waals surface area contributed by atoms with Gasteiger partial charge in [-0.05, 0) is 32.8 Å². The maximum absolute atomic E-state index is 12.6. The fraction of sp³-hybridized carbons (Fsp3) is 0.550. The first-order valence-electron chi connectivity index (χ1n) is 9.11. The van der Waals surface area contributed by atoms with Gasteiger partial charge in [0, 0.05) is 19.6 Å². The maximum Gasteiger partial charge on any atom is 0.410 e. The molecule has 0 saturated carbocycles. The zero-order valence-corrected chi connectivity index (χ0v) is 16.4. The van der Waals surface area contributed by atoms with E-state index in [0.717, 1.165) is 5.56 Å². The number of piperazine rings is 1. The van der Waals surface area contributed by atoms with Gasteiger partial charge < -0.3 is 14.4 Å². The molecule has 0 spiro atoms. The quantitative estimate of drug-likeness (QED) is 0.713. The summed E-state index contributed by atoms with van der Waals surface area (Å²) in [5, 5.41) is 0. The molecular formula is C20H28N2O5. The highest BCUT2D eigenvalue weighted by Gasteiger charge is 2.37. The minimum Gasteiger partial charge on any atom is -0.469 e. The van der Waals surface area contributed by atoms with Crippen LogP contribution in [-0.4, -0.2) is 60.6 Å². The Morgan fingerprint density at radius 2 is 1.85 bits per heavy atom. The third-order valence-corrected chi connectivity index (χ3v) is 4.93. The van der Waals surface area contributed by atoms with Crippen molar-refractivity contribution in [1.29, 1.82) is 0 Å². The summed E-state index contributed by atoms with van der Waals surface area (Å²) in [5.41, 5.74) is 0.234. The lowest BCUT2D eigenvalue weighted by atomic mass is 9.89. The number of amides is 2. The number of rotatable bonds is 6. The number of carbonyl (C=O) groups is 3. The van der Waals surface area contributed by atoms with Crippen LogP contribution in [0.25, 0.3) is 0 Å². The van der Waals surface area contributed by atoms with Crippen molar-refractivity contribution < 1.29 is 23.9 Å². The van der Waals surface area contributed by atoms with E-state index in [0.29, 0.717) is 26.1 Å². The Morgan fingerprint density at radius 1 is 1.19 bits per heavy atom. The Morgan fingerprint density at radius 3 is 2.48 bits per heavy atom. The van der Waals surface area contributed by atoms with Gasteiger partial charge in [-0.25, -0.2) is 4.79 Å². The third kappa shape index (κ3) is 5.21. The lowest BCUT2D eigenvalue weighted by Gasteiger charge is -2.39. The highest BCUT2D eigenvalue weighted by Crippen LogP contribution is 2.24. The Labute approximate surface area is 160 Å². The van der Waals surface area contributed by atoms with Crippen LogP contribution < -0.4 is 0 Å². The monoisotopic (exact) mass is 376 g/mol. The van der Waals surface area contributed by atoms with Crippen molar-refractivity contribution in [2.75, 3.05) is 26.7 Å². The van der Waals surface area contributed by atoms with Gasteiger partial charge in [0.15, 0.2) is 0 Å². The maximum atomic E-state index is 12.6. The first kappa shape index (κ1) is 20.7. The second-order valence-electron chi connectivity index (χ2n) is 7.36. The first-order chi connectivity index (χ1) is 12.8. The number of methoxy groups -OCH3 is 1. The van der Waals surface area contributed by atoms with E-state index >= 15 is 0 Å². The van der Waals surface area contributed by atoms with E-state index in [1.54, 1.807) is 25.7 Å². The van der Waals surface area contributed by atoms with Crippen LogP contribution >= 0.6 is 0 Å². The van der Waals surface area contributed by atoms with E-state index in [2.05, 4.69) is 0 Å². The molecule has 2 rings (SSSR count). The summed E-state index contributed by atoms with van der Waals surface area (Å²) in [7, 11) is 1.36. The zero-order valence-electron chi connectivity index (χ0n) is 16.4. The molecule has 7 heteroatoms. The topological polar surface area (TPSA) is 76.2 Å². The van der Waals surface area contributed by atoms with Gasteiger partial charge in [0.05, 0.1) is 12.5 Å². The van der Waals surface area contributed by atoms with E-state index in [9.17, 15) is 14.4 Å². The molecule has 0 aromatic heterocycles. The second kappa shape index (κ2) is 8.88. The van der Waals surface area contributed by atoms with Crippen molar-refractivity contribution >= 4 is 18.0 Å². The normalized spacial score (nSPS) is 17.6. The number of esters is 1. The SMILES string of the molecule is COC(=O)C(C)(C)CCN1CCN(C(=O)OCc2ccccc2)[C@@H](C)C1=O. The summed E-state index contributed by atoms with van der Waals surface area (Å²) >= 11 is 0. The van der Waals surface area contributed by atoms with E-state index in [1.807, 2.05) is 30.3 Å². The minimum absolute atomic E-state index is 0.140. The smallest absolute Gasteiger partial charge is 0.410 e. The Bertz CT molecular complexity index is 674. The van der Waals surface area contributed by atoms with Gasteiger partial charge in [-0.2, -0.15) is 0 Å². The van der Waals surface area contributed by atoms with Crippen LogP contribution in [0.5, 0.6) is 0 Å². The second-order valence-corrected chi connectivity index (χ2v) is 7.36. The average molecular weight is 376 g/mol. The van der Waals surface area contributed by atoms with Gasteiger partial charge in [0.25, 0.3) is 0 Å². The summed E-state index contributed by atoms with van der Waals surface area (Å²) in [4.78, 5) is 39.9. The first-order valence-corrected chi connectivity index (χ1v) is 9.11. The third-order valence-electron chi connectivity index (χ3n) is 4.93. The van der Waals surface area contributed by atoms with Gasteiger partial charge in [-0.1, -0.05) is 30.3 Å². The molecule has 0 N–H and O–H groups in total. The van der Waals surface area contributed by atoms with Crippen LogP contribution in [0.1, 0.15) is 32.8 Å². The Balaban J connectivity index is 1.88. The highest BCUT2D eigenvalue weighted by atomic mass is 16.6. The molecular weight excluding hydrogens is 348 g/mol. The standard InChI is InChI=1S/C20H28N2O5/c1-15-17(23)21(11-10-20(2,3)18(24)26-4)12-13-22(15)19(25)27-14-16-8-6-5-7-9-16/h5-9,15H,10-14H2,1-4H3/t15-/m0/s1. The molecule has 27 heavy (non-hydrogen) atoms. The number of nitrogens with zero attached hydrogens (tertiary/aromatic N) is 2. The summed E-state index contributed by atoms with van der Waals surface area (Å²) in [6.07, 6.45) is 0.00517.